The minimum Gasteiger partial charge on any atom is -0.314 e. The maximum absolute atomic E-state index is 12.6. The molecule has 1 fully saturated rings. The Morgan fingerprint density at radius 3 is 2.29 bits per heavy atom. The Bertz CT molecular complexity index is 597. The number of hydrogen-bond donors (Lipinski definition) is 1. The van der Waals surface area contributed by atoms with Crippen molar-refractivity contribution in [3.8, 4) is 0 Å². The van der Waals surface area contributed by atoms with Gasteiger partial charge in [-0.25, -0.2) is 0 Å². The van der Waals surface area contributed by atoms with Crippen molar-refractivity contribution in [1.29, 1.82) is 0 Å². The van der Waals surface area contributed by atoms with E-state index in [2.05, 4.69) is 17.4 Å². The highest BCUT2D eigenvalue weighted by Gasteiger charge is 2.31. The number of carbonyl (C=O) groups is 1. The van der Waals surface area contributed by atoms with Crippen LogP contribution in [0.4, 0.5) is 5.69 Å². The van der Waals surface area contributed by atoms with Gasteiger partial charge in [0.15, 0.2) is 0 Å². The molecule has 0 bridgehead atoms. The second kappa shape index (κ2) is 6.10. The van der Waals surface area contributed by atoms with Crippen molar-refractivity contribution < 1.29 is 4.79 Å². The van der Waals surface area contributed by atoms with Gasteiger partial charge in [0.2, 0.25) is 5.91 Å². The van der Waals surface area contributed by atoms with Crippen LogP contribution in [0.3, 0.4) is 0 Å². The number of amides is 1. The maximum Gasteiger partial charge on any atom is 0.243 e. The van der Waals surface area contributed by atoms with Gasteiger partial charge in [0.25, 0.3) is 0 Å². The largest absolute Gasteiger partial charge is 0.314 e. The van der Waals surface area contributed by atoms with Crippen LogP contribution < -0.4 is 10.2 Å². The van der Waals surface area contributed by atoms with E-state index in [-0.39, 0.29) is 18.0 Å². The van der Waals surface area contributed by atoms with E-state index in [1.165, 1.54) is 5.56 Å². The number of carbonyl (C=O) groups excluding carboxylic acids is 1. The van der Waals surface area contributed by atoms with Gasteiger partial charge in [-0.2, -0.15) is 0 Å². The SMILES string of the molecule is CN(C(=O)C1CCC(c2ccccc2)N1)c1ccccc1. The van der Waals surface area contributed by atoms with Gasteiger partial charge in [-0.15, -0.1) is 0 Å². The standard InChI is InChI=1S/C18H20N2O/c1-20(15-10-6-3-7-11-15)18(21)17-13-12-16(19-17)14-8-4-2-5-9-14/h2-11,16-17,19H,12-13H2,1H3. The van der Waals surface area contributed by atoms with Crippen molar-refractivity contribution in [1.82, 2.24) is 5.32 Å². The van der Waals surface area contributed by atoms with Crippen LogP contribution in [0.5, 0.6) is 0 Å². The molecule has 3 rings (SSSR count). The third-order valence-electron chi connectivity index (χ3n) is 4.12. The molecule has 3 heteroatoms. The third-order valence-corrected chi connectivity index (χ3v) is 4.12. The lowest BCUT2D eigenvalue weighted by Gasteiger charge is -2.22. The van der Waals surface area contributed by atoms with Gasteiger partial charge in [-0.3, -0.25) is 10.1 Å². The Labute approximate surface area is 125 Å². The predicted molar refractivity (Wildman–Crippen MR) is 85.2 cm³/mol. The second-order valence-electron chi connectivity index (χ2n) is 5.49. The normalized spacial score (nSPS) is 21.2. The van der Waals surface area contributed by atoms with Gasteiger partial charge in [-0.05, 0) is 30.5 Å². The lowest BCUT2D eigenvalue weighted by Crippen LogP contribution is -2.42. The molecule has 1 heterocycles. The molecule has 2 unspecified atom stereocenters. The van der Waals surface area contributed by atoms with E-state index in [0.717, 1.165) is 18.5 Å². The fourth-order valence-corrected chi connectivity index (χ4v) is 2.90. The highest BCUT2D eigenvalue weighted by Crippen LogP contribution is 2.27. The zero-order chi connectivity index (χ0) is 14.7. The Kier molecular flexibility index (Phi) is 4.02. The topological polar surface area (TPSA) is 32.3 Å². The number of likely N-dealkylation sites (N-methyl/N-ethyl adjacent to an activating group) is 1. The van der Waals surface area contributed by atoms with Gasteiger partial charge in [0, 0.05) is 18.8 Å². The van der Waals surface area contributed by atoms with E-state index in [1.54, 1.807) is 4.90 Å². The summed E-state index contributed by atoms with van der Waals surface area (Å²) in [5.74, 6) is 0.139. The molecule has 1 N–H and O–H groups in total. The van der Waals surface area contributed by atoms with E-state index >= 15 is 0 Å². The maximum atomic E-state index is 12.6. The molecule has 21 heavy (non-hydrogen) atoms. The molecule has 0 spiro atoms. The van der Waals surface area contributed by atoms with Crippen molar-refractivity contribution in [2.75, 3.05) is 11.9 Å². The second-order valence-corrected chi connectivity index (χ2v) is 5.49. The lowest BCUT2D eigenvalue weighted by atomic mass is 10.1. The van der Waals surface area contributed by atoms with Gasteiger partial charge in [0.1, 0.15) is 0 Å². The van der Waals surface area contributed by atoms with Gasteiger partial charge < -0.3 is 4.90 Å². The first kappa shape index (κ1) is 13.8. The third kappa shape index (κ3) is 2.98. The lowest BCUT2D eigenvalue weighted by molar-refractivity contribution is -0.120. The highest BCUT2D eigenvalue weighted by molar-refractivity contribution is 5.96. The summed E-state index contributed by atoms with van der Waals surface area (Å²) in [5, 5.41) is 3.47. The summed E-state index contributed by atoms with van der Waals surface area (Å²) >= 11 is 0. The van der Waals surface area contributed by atoms with Crippen LogP contribution in [-0.2, 0) is 4.79 Å². The van der Waals surface area contributed by atoms with Crippen molar-refractivity contribution in [3.05, 3.63) is 66.2 Å². The fourth-order valence-electron chi connectivity index (χ4n) is 2.90. The van der Waals surface area contributed by atoms with Crippen LogP contribution in [0.1, 0.15) is 24.4 Å². The summed E-state index contributed by atoms with van der Waals surface area (Å²) in [5.41, 5.74) is 2.20. The van der Waals surface area contributed by atoms with Crippen LogP contribution >= 0.6 is 0 Å². The number of nitrogens with zero attached hydrogens (tertiary/aromatic N) is 1. The summed E-state index contributed by atoms with van der Waals surface area (Å²) in [4.78, 5) is 14.3. The van der Waals surface area contributed by atoms with Gasteiger partial charge >= 0.3 is 0 Å². The van der Waals surface area contributed by atoms with Crippen LogP contribution in [0, 0.1) is 0 Å². The minimum atomic E-state index is -0.0968. The van der Waals surface area contributed by atoms with Crippen LogP contribution in [0.25, 0.3) is 0 Å². The molecule has 1 aliphatic rings. The molecule has 0 aliphatic carbocycles. The molecule has 1 aliphatic heterocycles. The minimum absolute atomic E-state index is 0.0968. The van der Waals surface area contributed by atoms with Gasteiger partial charge in [0.05, 0.1) is 6.04 Å². The van der Waals surface area contributed by atoms with E-state index in [1.807, 2.05) is 55.6 Å². The fraction of sp³-hybridized carbons (Fsp3) is 0.278. The van der Waals surface area contributed by atoms with E-state index in [4.69, 9.17) is 0 Å². The first-order chi connectivity index (χ1) is 10.3. The zero-order valence-corrected chi connectivity index (χ0v) is 12.2. The summed E-state index contributed by atoms with van der Waals surface area (Å²) in [6.45, 7) is 0. The van der Waals surface area contributed by atoms with Crippen LogP contribution in [0.2, 0.25) is 0 Å². The number of para-hydroxylation sites is 1. The predicted octanol–water partition coefficient (Wildman–Crippen LogP) is 3.14. The molecule has 2 aromatic rings. The van der Waals surface area contributed by atoms with Crippen molar-refractivity contribution in [2.45, 2.75) is 24.9 Å². The number of anilines is 1. The van der Waals surface area contributed by atoms with Crippen LogP contribution in [-0.4, -0.2) is 19.0 Å². The average Bonchev–Trinajstić information content (AvgIpc) is 3.05. The first-order valence-corrected chi connectivity index (χ1v) is 7.39. The average molecular weight is 280 g/mol. The smallest absolute Gasteiger partial charge is 0.243 e. The number of hydrogen-bond acceptors (Lipinski definition) is 2. The van der Waals surface area contributed by atoms with Crippen molar-refractivity contribution in [2.24, 2.45) is 0 Å². The molecule has 0 radical (unpaired) electrons. The number of nitrogens with one attached hydrogen (secondary N) is 1. The van der Waals surface area contributed by atoms with Crippen LogP contribution in [0.15, 0.2) is 60.7 Å². The first-order valence-electron chi connectivity index (χ1n) is 7.39. The summed E-state index contributed by atoms with van der Waals surface area (Å²) in [6, 6.07) is 20.3. The molecule has 1 amide bonds. The molecule has 2 atom stereocenters. The Hall–Kier alpha value is -2.13. The highest BCUT2D eigenvalue weighted by atomic mass is 16.2. The molecule has 0 saturated carbocycles. The molecular weight excluding hydrogens is 260 g/mol. The summed E-state index contributed by atoms with van der Waals surface area (Å²) in [7, 11) is 1.84. The summed E-state index contributed by atoms with van der Waals surface area (Å²) in [6.07, 6.45) is 1.89. The van der Waals surface area contributed by atoms with E-state index in [0.29, 0.717) is 0 Å². The van der Waals surface area contributed by atoms with E-state index in [9.17, 15) is 4.79 Å². The summed E-state index contributed by atoms with van der Waals surface area (Å²) < 4.78 is 0. The van der Waals surface area contributed by atoms with Crippen molar-refractivity contribution >= 4 is 11.6 Å². The monoisotopic (exact) mass is 280 g/mol. The van der Waals surface area contributed by atoms with E-state index < -0.39 is 0 Å². The van der Waals surface area contributed by atoms with Crippen molar-refractivity contribution in [3.63, 3.8) is 0 Å². The molecule has 2 aromatic carbocycles. The Balaban J connectivity index is 1.67. The van der Waals surface area contributed by atoms with Gasteiger partial charge in [-0.1, -0.05) is 48.5 Å². The molecule has 3 nitrogen and oxygen atoms in total. The Morgan fingerprint density at radius 2 is 1.62 bits per heavy atom. The Morgan fingerprint density at radius 1 is 1.00 bits per heavy atom. The molecular formula is C18H20N2O. The molecule has 1 saturated heterocycles. The quantitative estimate of drug-likeness (QED) is 0.936. The zero-order valence-electron chi connectivity index (χ0n) is 12.2. The number of benzene rings is 2. The molecule has 108 valence electrons. The number of rotatable bonds is 3. The molecule has 0 aromatic heterocycles.